The molecular weight excluding hydrogens is 176 g/mol. The minimum Gasteiger partial charge on any atom is -0.411 e. The zero-order valence-electron chi connectivity index (χ0n) is 9.40. The summed E-state index contributed by atoms with van der Waals surface area (Å²) in [6.07, 6.45) is 2.87. The summed E-state index contributed by atoms with van der Waals surface area (Å²) in [5, 5.41) is 12.2. The highest BCUT2D eigenvalue weighted by Crippen LogP contribution is 2.25. The van der Waals surface area contributed by atoms with Crippen LogP contribution < -0.4 is 0 Å². The molecule has 0 radical (unpaired) electrons. The molecule has 0 spiro atoms. The molecule has 1 N–H and O–H groups in total. The van der Waals surface area contributed by atoms with Gasteiger partial charge < -0.3 is 9.69 Å². The van der Waals surface area contributed by atoms with Crippen molar-refractivity contribution in [2.75, 3.05) is 20.1 Å². The number of oxime groups is 1. The van der Waals surface area contributed by atoms with E-state index in [1.54, 1.807) is 0 Å². The highest BCUT2D eigenvalue weighted by atomic mass is 16.4. The minimum absolute atomic E-state index is 0.376. The quantitative estimate of drug-likeness (QED) is 0.312. The number of likely N-dealkylation sites (tertiary alicyclic amines) is 1. The van der Waals surface area contributed by atoms with Gasteiger partial charge in [-0.15, -0.1) is 0 Å². The summed E-state index contributed by atoms with van der Waals surface area (Å²) in [6.45, 7) is 10.2. The number of hydrogen-bond donors (Lipinski definition) is 1. The zero-order chi connectivity index (χ0) is 10.8. The lowest BCUT2D eigenvalue weighted by atomic mass is 9.90. The number of nitrogens with zero attached hydrogens (tertiary/aromatic N) is 2. The van der Waals surface area contributed by atoms with Gasteiger partial charge in [-0.05, 0) is 13.0 Å². The lowest BCUT2D eigenvalue weighted by molar-refractivity contribution is -0.930. The van der Waals surface area contributed by atoms with E-state index in [1.165, 1.54) is 0 Å². The number of likely N-dealkylation sites (N-methyl/N-ethyl adjacent to an activating group) is 1. The molecule has 3 atom stereocenters. The number of rotatable bonds is 2. The number of piperidine rings is 1. The summed E-state index contributed by atoms with van der Waals surface area (Å²) in [6, 6.07) is 0.509. The van der Waals surface area contributed by atoms with Crippen LogP contribution in [0, 0.1) is 5.92 Å². The van der Waals surface area contributed by atoms with Crippen LogP contribution in [0.15, 0.2) is 17.8 Å². The molecule has 0 saturated carbocycles. The van der Waals surface area contributed by atoms with E-state index in [9.17, 15) is 0 Å². The molecule has 14 heavy (non-hydrogen) atoms. The van der Waals surface area contributed by atoms with Gasteiger partial charge in [0.05, 0.1) is 31.9 Å². The maximum atomic E-state index is 8.84. The first-order valence-electron chi connectivity index (χ1n) is 5.19. The van der Waals surface area contributed by atoms with Crippen LogP contribution >= 0.6 is 0 Å². The Balaban J connectivity index is 2.80. The molecule has 1 rings (SSSR count). The summed E-state index contributed by atoms with van der Waals surface area (Å²) >= 11 is 0. The Morgan fingerprint density at radius 2 is 2.29 bits per heavy atom. The Hall–Kier alpha value is -0.830. The first kappa shape index (κ1) is 11.2. The normalized spacial score (nSPS) is 41.2. The fourth-order valence-electron chi connectivity index (χ4n) is 2.32. The van der Waals surface area contributed by atoms with Gasteiger partial charge in [0.15, 0.2) is 0 Å². The van der Waals surface area contributed by atoms with Gasteiger partial charge in [0.25, 0.3) is 0 Å². The Bertz CT molecular complexity index is 250. The van der Waals surface area contributed by atoms with Crippen molar-refractivity contribution in [1.82, 2.24) is 0 Å². The molecule has 1 heterocycles. The highest BCUT2D eigenvalue weighted by Gasteiger charge is 2.38. The van der Waals surface area contributed by atoms with E-state index in [1.807, 2.05) is 6.08 Å². The van der Waals surface area contributed by atoms with Gasteiger partial charge in [-0.2, -0.15) is 0 Å². The summed E-state index contributed by atoms with van der Waals surface area (Å²) in [5.41, 5.74) is 0.942. The lowest BCUT2D eigenvalue weighted by Crippen LogP contribution is -2.58. The molecule has 0 bridgehead atoms. The fourth-order valence-corrected chi connectivity index (χ4v) is 2.32. The molecular formula is C11H21N2O+. The van der Waals surface area contributed by atoms with Crippen molar-refractivity contribution in [2.24, 2.45) is 11.1 Å². The Morgan fingerprint density at radius 1 is 1.64 bits per heavy atom. The number of quaternary nitrogens is 1. The van der Waals surface area contributed by atoms with Crippen molar-refractivity contribution < 1.29 is 9.69 Å². The third-order valence-electron chi connectivity index (χ3n) is 3.50. The molecule has 0 amide bonds. The minimum atomic E-state index is 0.376. The standard InChI is InChI=1S/C11H20N2O/c1-5-6-13(4)8-9(2)11(12-14)7-10(13)3/h5,9-10H,1,6-8H2,2-4H3/p+1/b12-11+/t9-,10+,13?/m0/s1. The Morgan fingerprint density at radius 3 is 2.79 bits per heavy atom. The van der Waals surface area contributed by atoms with Crippen LogP contribution in [-0.4, -0.2) is 41.6 Å². The van der Waals surface area contributed by atoms with Gasteiger partial charge in [0.2, 0.25) is 0 Å². The second-order valence-corrected chi connectivity index (χ2v) is 4.68. The van der Waals surface area contributed by atoms with Gasteiger partial charge in [0.1, 0.15) is 0 Å². The second-order valence-electron chi connectivity index (χ2n) is 4.68. The molecule has 3 heteroatoms. The van der Waals surface area contributed by atoms with E-state index in [4.69, 9.17) is 5.21 Å². The van der Waals surface area contributed by atoms with E-state index in [2.05, 4.69) is 32.6 Å². The van der Waals surface area contributed by atoms with E-state index >= 15 is 0 Å². The van der Waals surface area contributed by atoms with Crippen LogP contribution in [-0.2, 0) is 0 Å². The third kappa shape index (κ3) is 1.98. The predicted octanol–water partition coefficient (Wildman–Crippen LogP) is 1.88. The third-order valence-corrected chi connectivity index (χ3v) is 3.50. The summed E-state index contributed by atoms with van der Waals surface area (Å²) in [4.78, 5) is 0. The number of hydrogen-bond acceptors (Lipinski definition) is 2. The van der Waals surface area contributed by atoms with Crippen LogP contribution in [0.3, 0.4) is 0 Å². The lowest BCUT2D eigenvalue weighted by Gasteiger charge is -2.45. The average molecular weight is 197 g/mol. The Kier molecular flexibility index (Phi) is 3.32. The molecule has 1 fully saturated rings. The SMILES string of the molecule is C=CC[N+]1(C)C[C@H](C)/C(=N/O)C[C@H]1C. The van der Waals surface area contributed by atoms with Gasteiger partial charge in [-0.3, -0.25) is 0 Å². The second kappa shape index (κ2) is 4.13. The first-order valence-corrected chi connectivity index (χ1v) is 5.19. The van der Waals surface area contributed by atoms with Crippen molar-refractivity contribution in [2.45, 2.75) is 26.3 Å². The highest BCUT2D eigenvalue weighted by molar-refractivity contribution is 5.86. The first-order chi connectivity index (χ1) is 6.53. The van der Waals surface area contributed by atoms with Gasteiger partial charge in [-0.25, -0.2) is 0 Å². The fraction of sp³-hybridized carbons (Fsp3) is 0.727. The average Bonchev–Trinajstić information content (AvgIpc) is 2.11. The van der Waals surface area contributed by atoms with Crippen molar-refractivity contribution >= 4 is 5.71 Å². The molecule has 0 aromatic heterocycles. The topological polar surface area (TPSA) is 32.6 Å². The molecule has 1 aliphatic rings. The monoisotopic (exact) mass is 197 g/mol. The maximum Gasteiger partial charge on any atom is 0.0971 e. The molecule has 0 aromatic rings. The summed E-state index contributed by atoms with van der Waals surface area (Å²) in [7, 11) is 2.25. The molecule has 1 saturated heterocycles. The van der Waals surface area contributed by atoms with Crippen LogP contribution in [0.2, 0.25) is 0 Å². The largest absolute Gasteiger partial charge is 0.411 e. The predicted molar refractivity (Wildman–Crippen MR) is 58.6 cm³/mol. The Labute approximate surface area is 86.3 Å². The summed E-state index contributed by atoms with van der Waals surface area (Å²) < 4.78 is 1.00. The van der Waals surface area contributed by atoms with Crippen molar-refractivity contribution in [3.05, 3.63) is 12.7 Å². The van der Waals surface area contributed by atoms with E-state index < -0.39 is 0 Å². The maximum absolute atomic E-state index is 8.84. The molecule has 0 aromatic carbocycles. The van der Waals surface area contributed by atoms with Crippen molar-refractivity contribution in [3.8, 4) is 0 Å². The van der Waals surface area contributed by atoms with Crippen LogP contribution in [0.25, 0.3) is 0 Å². The van der Waals surface area contributed by atoms with E-state index in [-0.39, 0.29) is 0 Å². The molecule has 1 aliphatic heterocycles. The van der Waals surface area contributed by atoms with Crippen LogP contribution in [0.4, 0.5) is 0 Å². The molecule has 80 valence electrons. The molecule has 3 nitrogen and oxygen atoms in total. The van der Waals surface area contributed by atoms with Gasteiger partial charge in [-0.1, -0.05) is 18.7 Å². The molecule has 0 aliphatic carbocycles. The zero-order valence-corrected chi connectivity index (χ0v) is 9.40. The molecule has 1 unspecified atom stereocenters. The van der Waals surface area contributed by atoms with Crippen molar-refractivity contribution in [3.63, 3.8) is 0 Å². The smallest absolute Gasteiger partial charge is 0.0971 e. The van der Waals surface area contributed by atoms with E-state index in [0.29, 0.717) is 12.0 Å². The van der Waals surface area contributed by atoms with Crippen LogP contribution in [0.5, 0.6) is 0 Å². The summed E-state index contributed by atoms with van der Waals surface area (Å²) in [5.74, 6) is 0.376. The van der Waals surface area contributed by atoms with Crippen LogP contribution in [0.1, 0.15) is 20.3 Å². The van der Waals surface area contributed by atoms with Crippen molar-refractivity contribution in [1.29, 1.82) is 0 Å². The van der Waals surface area contributed by atoms with E-state index in [0.717, 1.165) is 29.7 Å². The van der Waals surface area contributed by atoms with Gasteiger partial charge in [0, 0.05) is 12.3 Å². The van der Waals surface area contributed by atoms with Gasteiger partial charge >= 0.3 is 0 Å².